The molecular weight excluding hydrogens is 899 g/mol. The van der Waals surface area contributed by atoms with E-state index in [2.05, 4.69) is 32.1 Å². The van der Waals surface area contributed by atoms with Gasteiger partial charge in [-0.3, -0.25) is 38.6 Å². The number of nitrogens with zero attached hydrogens (tertiary/aromatic N) is 7. The highest BCUT2D eigenvalue weighted by Crippen LogP contribution is 2.41. The van der Waals surface area contributed by atoms with Crippen LogP contribution in [-0.4, -0.2) is 136 Å². The minimum Gasteiger partial charge on any atom is -0.457 e. The SMILES string of the molecule is NC(=O)c1c(-c2ccc(Oc3ccccc3)cc2)nn2c1NCC[C@H]2C1CCN(C2CCN(Cc3ccc(C(=O)N4CCN(c5ccc6c(c5)C(=O)N(C5CCC(=O)CC5=O)C6=O)CC4)cc3)CC2)CC1. The van der Waals surface area contributed by atoms with E-state index >= 15 is 0 Å². The maximum absolute atomic E-state index is 13.6. The summed E-state index contributed by atoms with van der Waals surface area (Å²) in [4.78, 5) is 87.8. The van der Waals surface area contributed by atoms with Gasteiger partial charge < -0.3 is 30.5 Å². The number of amides is 4. The van der Waals surface area contributed by atoms with Crippen molar-refractivity contribution >= 4 is 46.7 Å². The summed E-state index contributed by atoms with van der Waals surface area (Å²) in [6, 6.07) is 30.3. The van der Waals surface area contributed by atoms with Crippen molar-refractivity contribution in [1.82, 2.24) is 29.4 Å². The highest BCUT2D eigenvalue weighted by Gasteiger charge is 2.45. The van der Waals surface area contributed by atoms with Gasteiger partial charge in [-0.05, 0) is 143 Å². The number of para-hydroxylation sites is 1. The lowest BCUT2D eigenvalue weighted by Crippen LogP contribution is -2.49. The Morgan fingerprint density at radius 2 is 1.42 bits per heavy atom. The number of hydrogen-bond donors (Lipinski definition) is 2. The number of carbonyl (C=O) groups is 6. The number of imide groups is 1. The van der Waals surface area contributed by atoms with Gasteiger partial charge >= 0.3 is 0 Å². The molecule has 16 heteroatoms. The fourth-order valence-electron chi connectivity index (χ4n) is 11.8. The minimum atomic E-state index is -0.900. The molecular formula is C55H59N9O7. The zero-order chi connectivity index (χ0) is 48.8. The van der Waals surface area contributed by atoms with Crippen molar-refractivity contribution in [2.45, 2.75) is 76.0 Å². The summed E-state index contributed by atoms with van der Waals surface area (Å²) in [6.45, 7) is 7.91. The fourth-order valence-corrected chi connectivity index (χ4v) is 11.8. The van der Waals surface area contributed by atoms with Crippen LogP contribution in [0.2, 0.25) is 0 Å². The van der Waals surface area contributed by atoms with Crippen LogP contribution in [0, 0.1) is 5.92 Å². The van der Waals surface area contributed by atoms with Gasteiger partial charge in [-0.25, -0.2) is 4.68 Å². The minimum absolute atomic E-state index is 0.0105. The molecule has 11 rings (SSSR count). The van der Waals surface area contributed by atoms with Crippen molar-refractivity contribution in [3.63, 3.8) is 0 Å². The van der Waals surface area contributed by atoms with Crippen LogP contribution in [0.5, 0.6) is 11.5 Å². The molecule has 1 unspecified atom stereocenters. The molecule has 3 saturated heterocycles. The molecule has 4 amide bonds. The number of primary amides is 1. The molecule has 0 bridgehead atoms. The molecule has 2 atom stereocenters. The Bertz CT molecular complexity index is 2860. The lowest BCUT2D eigenvalue weighted by atomic mass is 9.85. The molecule has 0 spiro atoms. The average Bonchev–Trinajstić information content (AvgIpc) is 3.91. The summed E-state index contributed by atoms with van der Waals surface area (Å²) in [7, 11) is 0. The molecule has 6 heterocycles. The predicted molar refractivity (Wildman–Crippen MR) is 267 cm³/mol. The van der Waals surface area contributed by atoms with Gasteiger partial charge in [-0.2, -0.15) is 5.10 Å². The lowest BCUT2D eigenvalue weighted by Gasteiger charge is -2.43. The molecule has 5 aliphatic heterocycles. The number of piperidine rings is 2. The van der Waals surface area contributed by atoms with E-state index in [0.717, 1.165) is 99.1 Å². The number of anilines is 2. The number of piperazine rings is 1. The Balaban J connectivity index is 0.637. The van der Waals surface area contributed by atoms with Crippen molar-refractivity contribution in [3.8, 4) is 22.8 Å². The Hall–Kier alpha value is -7.17. The molecule has 1 saturated carbocycles. The molecule has 1 aromatic heterocycles. The van der Waals surface area contributed by atoms with E-state index in [9.17, 15) is 28.8 Å². The molecule has 4 aromatic carbocycles. The number of likely N-dealkylation sites (tertiary alicyclic amines) is 2. The number of hydrogen-bond acceptors (Lipinski definition) is 12. The molecule has 0 radical (unpaired) electrons. The number of aromatic nitrogens is 2. The summed E-state index contributed by atoms with van der Waals surface area (Å²) in [5.74, 6) is 0.594. The molecule has 366 valence electrons. The Morgan fingerprint density at radius 3 is 2.13 bits per heavy atom. The Morgan fingerprint density at radius 1 is 0.718 bits per heavy atom. The first kappa shape index (κ1) is 46.2. The van der Waals surface area contributed by atoms with Gasteiger partial charge in [-0.1, -0.05) is 30.3 Å². The van der Waals surface area contributed by atoms with Crippen molar-refractivity contribution in [1.29, 1.82) is 0 Å². The lowest BCUT2D eigenvalue weighted by molar-refractivity contribution is -0.132. The number of Topliss-reactive ketones (excluding diaryl/α,β-unsaturated/α-hetero) is 2. The normalized spacial score (nSPS) is 21.5. The monoisotopic (exact) mass is 957 g/mol. The summed E-state index contributed by atoms with van der Waals surface area (Å²) in [5, 5.41) is 8.54. The van der Waals surface area contributed by atoms with E-state index < -0.39 is 23.8 Å². The van der Waals surface area contributed by atoms with E-state index in [4.69, 9.17) is 15.6 Å². The van der Waals surface area contributed by atoms with Gasteiger partial charge in [0.25, 0.3) is 23.6 Å². The summed E-state index contributed by atoms with van der Waals surface area (Å²) in [5.41, 5.74) is 11.1. The van der Waals surface area contributed by atoms with E-state index in [1.807, 2.05) is 82.4 Å². The van der Waals surface area contributed by atoms with Gasteiger partial charge in [0.2, 0.25) is 0 Å². The standard InChI is InChI=1S/C55H59N9O7/c56-51(67)49-50(37-10-14-43(15-11-37)71-42-4-2-1-3-5-42)58-64-46(18-23-57-52(49)64)36-19-26-60(27-20-36)39-21-24-59(25-22-39)34-35-6-8-38(9-7-35)53(68)62-30-28-61(29-31-62)40-12-16-44-45(32-40)55(70)63(54(44)69)47-17-13-41(65)33-48(47)66/h1-12,14-16,32,36,39,46-47,57H,13,17-31,33-34H2,(H2,56,67)/t46-,47?/m0/s1. The number of rotatable bonds is 11. The average molecular weight is 958 g/mol. The van der Waals surface area contributed by atoms with Crippen LogP contribution >= 0.6 is 0 Å². The van der Waals surface area contributed by atoms with E-state index in [-0.39, 0.29) is 53.9 Å². The maximum Gasteiger partial charge on any atom is 0.262 e. The number of carbonyl (C=O) groups excluding carboxylic acids is 6. The number of ketones is 2. The third-order valence-electron chi connectivity index (χ3n) is 15.7. The number of nitrogens with one attached hydrogen (secondary N) is 1. The third-order valence-corrected chi connectivity index (χ3v) is 15.7. The number of fused-ring (bicyclic) bond motifs is 2. The maximum atomic E-state index is 13.6. The van der Waals surface area contributed by atoms with Crippen molar-refractivity contribution < 1.29 is 33.5 Å². The first-order chi connectivity index (χ1) is 34.6. The van der Waals surface area contributed by atoms with Gasteiger partial charge in [0.15, 0.2) is 5.78 Å². The van der Waals surface area contributed by atoms with Gasteiger partial charge in [-0.15, -0.1) is 0 Å². The molecule has 5 aromatic rings. The van der Waals surface area contributed by atoms with Crippen LogP contribution in [0.15, 0.2) is 97.1 Å². The zero-order valence-corrected chi connectivity index (χ0v) is 39.8. The summed E-state index contributed by atoms with van der Waals surface area (Å²) >= 11 is 0. The number of benzene rings is 4. The Labute approximate surface area is 412 Å². The van der Waals surface area contributed by atoms with Crippen molar-refractivity contribution in [3.05, 3.63) is 125 Å². The summed E-state index contributed by atoms with van der Waals surface area (Å²) < 4.78 is 8.05. The molecule has 16 nitrogen and oxygen atoms in total. The third kappa shape index (κ3) is 9.22. The second-order valence-electron chi connectivity index (χ2n) is 19.9. The molecule has 1 aliphatic carbocycles. The molecule has 3 N–H and O–H groups in total. The van der Waals surface area contributed by atoms with Crippen LogP contribution in [0.1, 0.15) is 104 Å². The highest BCUT2D eigenvalue weighted by molar-refractivity contribution is 6.24. The second-order valence-corrected chi connectivity index (χ2v) is 19.9. The zero-order valence-electron chi connectivity index (χ0n) is 39.8. The van der Waals surface area contributed by atoms with E-state index in [1.54, 1.807) is 12.1 Å². The number of nitrogens with two attached hydrogens (primary N) is 1. The predicted octanol–water partition coefficient (Wildman–Crippen LogP) is 6.42. The smallest absolute Gasteiger partial charge is 0.262 e. The molecule has 6 aliphatic rings. The van der Waals surface area contributed by atoms with Crippen molar-refractivity contribution in [2.75, 3.05) is 69.1 Å². The summed E-state index contributed by atoms with van der Waals surface area (Å²) in [6.07, 6.45) is 5.43. The van der Waals surface area contributed by atoms with Crippen molar-refractivity contribution in [2.24, 2.45) is 11.7 Å². The molecule has 71 heavy (non-hydrogen) atoms. The van der Waals surface area contributed by atoms with Crippen LogP contribution in [-0.2, 0) is 16.1 Å². The van der Waals surface area contributed by atoms with E-state index in [0.29, 0.717) is 60.7 Å². The van der Waals surface area contributed by atoms with Crippen LogP contribution < -0.4 is 20.7 Å². The quantitative estimate of drug-likeness (QED) is 0.110. The first-order valence-corrected chi connectivity index (χ1v) is 25.2. The van der Waals surface area contributed by atoms with Crippen LogP contribution in [0.25, 0.3) is 11.3 Å². The largest absolute Gasteiger partial charge is 0.457 e. The second kappa shape index (κ2) is 19.6. The van der Waals surface area contributed by atoms with Gasteiger partial charge in [0.05, 0.1) is 29.6 Å². The fraction of sp³-hybridized carbons (Fsp3) is 0.400. The van der Waals surface area contributed by atoms with Crippen LogP contribution in [0.4, 0.5) is 11.5 Å². The first-order valence-electron chi connectivity index (χ1n) is 25.2. The van der Waals surface area contributed by atoms with E-state index in [1.165, 1.54) is 5.56 Å². The van der Waals surface area contributed by atoms with Gasteiger partial charge in [0, 0.05) is 68.5 Å². The highest BCUT2D eigenvalue weighted by atomic mass is 16.5. The topological polar surface area (TPSA) is 184 Å². The molecule has 4 fully saturated rings. The Kier molecular flexibility index (Phi) is 12.7. The van der Waals surface area contributed by atoms with Gasteiger partial charge in [0.1, 0.15) is 34.4 Å². The van der Waals surface area contributed by atoms with Crippen LogP contribution in [0.3, 0.4) is 0 Å². The number of ether oxygens (including phenoxy) is 1.